The number of nitrogens with one attached hydrogen (secondary N) is 2. The number of halogens is 3. The van der Waals surface area contributed by atoms with Gasteiger partial charge < -0.3 is 9.15 Å². The molecule has 0 radical (unpaired) electrons. The Kier molecular flexibility index (Phi) is 7.32. The first kappa shape index (κ1) is 25.2. The zero-order chi connectivity index (χ0) is 25.1. The normalized spacial score (nSPS) is 13.0. The third kappa shape index (κ3) is 5.94. The smallest absolute Gasteiger partial charge is 0.416 e. The number of carbonyl (C=O) groups excluding carboxylic acids is 1. The molecular formula is C22H21F3N2O6S. The maximum Gasteiger partial charge on any atom is 0.416 e. The lowest BCUT2D eigenvalue weighted by molar-refractivity contribution is -0.137. The van der Waals surface area contributed by atoms with E-state index in [1.54, 1.807) is 17.0 Å². The van der Waals surface area contributed by atoms with Crippen LogP contribution >= 0.6 is 0 Å². The number of benzene rings is 2. The van der Waals surface area contributed by atoms with E-state index in [2.05, 4.69) is 0 Å². The van der Waals surface area contributed by atoms with Crippen molar-refractivity contribution >= 4 is 26.9 Å². The van der Waals surface area contributed by atoms with Gasteiger partial charge in [-0.3, -0.25) is 10.2 Å². The SMILES string of the molecule is CCCc1cc(=O)oc2cc(O[C@H](C)C(=O)NNS(=O)(=O)c3cccc(C(F)(F)F)c3)ccc12. The molecule has 0 spiro atoms. The number of rotatable bonds is 8. The average Bonchev–Trinajstić information content (AvgIpc) is 2.77. The number of carbonyl (C=O) groups is 1. The van der Waals surface area contributed by atoms with E-state index in [1.165, 1.54) is 19.1 Å². The summed E-state index contributed by atoms with van der Waals surface area (Å²) >= 11 is 0. The van der Waals surface area contributed by atoms with Crippen LogP contribution in [-0.2, 0) is 27.4 Å². The van der Waals surface area contributed by atoms with E-state index in [4.69, 9.17) is 9.15 Å². The van der Waals surface area contributed by atoms with Gasteiger partial charge in [0.2, 0.25) is 0 Å². The van der Waals surface area contributed by atoms with Gasteiger partial charge in [0.15, 0.2) is 6.10 Å². The lowest BCUT2D eigenvalue weighted by Gasteiger charge is -2.16. The lowest BCUT2D eigenvalue weighted by Crippen LogP contribution is -2.47. The second-order valence-electron chi connectivity index (χ2n) is 7.38. The molecule has 1 aromatic heterocycles. The topological polar surface area (TPSA) is 115 Å². The van der Waals surface area contributed by atoms with Crippen LogP contribution in [-0.4, -0.2) is 20.4 Å². The maximum atomic E-state index is 12.8. The highest BCUT2D eigenvalue weighted by atomic mass is 32.2. The Hall–Kier alpha value is -3.38. The summed E-state index contributed by atoms with van der Waals surface area (Å²) in [5, 5.41) is 0.722. The van der Waals surface area contributed by atoms with E-state index in [-0.39, 0.29) is 11.3 Å². The Morgan fingerprint density at radius 2 is 1.88 bits per heavy atom. The van der Waals surface area contributed by atoms with Crippen molar-refractivity contribution in [2.24, 2.45) is 0 Å². The number of hydrogen-bond donors (Lipinski definition) is 2. The minimum atomic E-state index is -4.73. The molecule has 0 fully saturated rings. The quantitative estimate of drug-likeness (QED) is 0.363. The molecule has 0 aliphatic rings. The summed E-state index contributed by atoms with van der Waals surface area (Å²) in [6.45, 7) is 3.31. The second-order valence-corrected chi connectivity index (χ2v) is 9.06. The molecule has 0 unspecified atom stereocenters. The molecule has 1 amide bonds. The molecule has 1 atom stereocenters. The Bertz CT molecular complexity index is 1370. The fraction of sp³-hybridized carbons (Fsp3) is 0.273. The van der Waals surface area contributed by atoms with Crippen LogP contribution in [0.15, 0.2) is 62.6 Å². The van der Waals surface area contributed by atoms with Gasteiger partial charge in [-0.05, 0) is 49.2 Å². The van der Waals surface area contributed by atoms with E-state index in [0.29, 0.717) is 12.5 Å². The fourth-order valence-corrected chi connectivity index (χ4v) is 4.03. The maximum absolute atomic E-state index is 12.8. The molecule has 8 nitrogen and oxygen atoms in total. The minimum Gasteiger partial charge on any atom is -0.481 e. The van der Waals surface area contributed by atoms with Crippen molar-refractivity contribution in [3.05, 3.63) is 70.1 Å². The van der Waals surface area contributed by atoms with Crippen molar-refractivity contribution in [2.45, 2.75) is 43.9 Å². The van der Waals surface area contributed by atoms with Gasteiger partial charge in [0.25, 0.3) is 15.9 Å². The van der Waals surface area contributed by atoms with Gasteiger partial charge in [0, 0.05) is 17.5 Å². The molecule has 0 aliphatic heterocycles. The standard InChI is InChI=1S/C22H21F3N2O6S/c1-3-5-14-10-20(28)33-19-12-16(8-9-18(14)19)32-13(2)21(29)26-27-34(30,31)17-7-4-6-15(11-17)22(23,24)25/h4,6-13,27H,3,5H2,1-2H3,(H,26,29)/t13-/m1/s1. The molecule has 3 aromatic rings. The van der Waals surface area contributed by atoms with Gasteiger partial charge in [-0.2, -0.15) is 13.2 Å². The number of sulfonamides is 1. The number of alkyl halides is 3. The van der Waals surface area contributed by atoms with Crippen LogP contribution in [0.25, 0.3) is 11.0 Å². The van der Waals surface area contributed by atoms with Crippen molar-refractivity contribution in [3.63, 3.8) is 0 Å². The molecular weight excluding hydrogens is 477 g/mol. The molecule has 0 bridgehead atoms. The predicted octanol–water partition coefficient (Wildman–Crippen LogP) is 3.54. The molecule has 2 N–H and O–H groups in total. The van der Waals surface area contributed by atoms with E-state index < -0.39 is 44.3 Å². The molecule has 2 aromatic carbocycles. The van der Waals surface area contributed by atoms with Crippen LogP contribution in [0.5, 0.6) is 5.75 Å². The number of fused-ring (bicyclic) bond motifs is 1. The van der Waals surface area contributed by atoms with E-state index in [0.717, 1.165) is 35.6 Å². The zero-order valence-corrected chi connectivity index (χ0v) is 18.9. The van der Waals surface area contributed by atoms with Crippen LogP contribution in [0.3, 0.4) is 0 Å². The van der Waals surface area contributed by atoms with Gasteiger partial charge in [0.05, 0.1) is 10.5 Å². The Morgan fingerprint density at radius 1 is 1.15 bits per heavy atom. The molecule has 1 heterocycles. The molecule has 0 saturated heterocycles. The van der Waals surface area contributed by atoms with E-state index in [1.807, 2.05) is 12.3 Å². The Balaban J connectivity index is 1.69. The first-order valence-electron chi connectivity index (χ1n) is 10.1. The molecule has 3 rings (SSSR count). The highest BCUT2D eigenvalue weighted by molar-refractivity contribution is 7.89. The molecule has 0 saturated carbocycles. The summed E-state index contributed by atoms with van der Waals surface area (Å²) in [5.41, 5.74) is 1.33. The summed E-state index contributed by atoms with van der Waals surface area (Å²) in [6, 6.07) is 9.17. The zero-order valence-electron chi connectivity index (χ0n) is 18.1. The highest BCUT2D eigenvalue weighted by Crippen LogP contribution is 2.30. The highest BCUT2D eigenvalue weighted by Gasteiger charge is 2.31. The number of amides is 1. The van der Waals surface area contributed by atoms with Crippen LogP contribution < -0.4 is 20.6 Å². The molecule has 34 heavy (non-hydrogen) atoms. The van der Waals surface area contributed by atoms with Crippen LogP contribution in [0.4, 0.5) is 13.2 Å². The van der Waals surface area contributed by atoms with Crippen LogP contribution in [0.1, 0.15) is 31.4 Å². The van der Waals surface area contributed by atoms with Crippen LogP contribution in [0, 0.1) is 0 Å². The first-order valence-corrected chi connectivity index (χ1v) is 11.6. The molecule has 12 heteroatoms. The lowest BCUT2D eigenvalue weighted by atomic mass is 10.1. The monoisotopic (exact) mass is 498 g/mol. The van der Waals surface area contributed by atoms with Gasteiger partial charge in [-0.1, -0.05) is 19.4 Å². The number of hydrazine groups is 1. The number of hydrogen-bond acceptors (Lipinski definition) is 6. The summed E-state index contributed by atoms with van der Waals surface area (Å²) in [7, 11) is -4.48. The summed E-state index contributed by atoms with van der Waals surface area (Å²) in [5.74, 6) is -0.718. The predicted molar refractivity (Wildman–Crippen MR) is 116 cm³/mol. The Labute approximate surface area is 192 Å². The first-order chi connectivity index (χ1) is 15.9. The summed E-state index contributed by atoms with van der Waals surface area (Å²) < 4.78 is 73.8. The third-order valence-corrected chi connectivity index (χ3v) is 6.03. The average molecular weight is 498 g/mol. The second kappa shape index (κ2) is 9.85. The summed E-state index contributed by atoms with van der Waals surface area (Å²) in [4.78, 5) is 25.2. The van der Waals surface area contributed by atoms with Gasteiger partial charge in [0.1, 0.15) is 11.3 Å². The van der Waals surface area contributed by atoms with Gasteiger partial charge >= 0.3 is 11.8 Å². The van der Waals surface area contributed by atoms with Gasteiger partial charge in [-0.25, -0.2) is 13.2 Å². The Morgan fingerprint density at radius 3 is 2.56 bits per heavy atom. The van der Waals surface area contributed by atoms with Crippen molar-refractivity contribution in [3.8, 4) is 5.75 Å². The van der Waals surface area contributed by atoms with E-state index in [9.17, 15) is 31.2 Å². The van der Waals surface area contributed by atoms with Crippen molar-refractivity contribution in [1.29, 1.82) is 0 Å². The third-order valence-electron chi connectivity index (χ3n) is 4.78. The van der Waals surface area contributed by atoms with Gasteiger partial charge in [-0.15, -0.1) is 4.83 Å². The van der Waals surface area contributed by atoms with Crippen molar-refractivity contribution in [1.82, 2.24) is 10.3 Å². The number of ether oxygens (including phenoxy) is 1. The largest absolute Gasteiger partial charge is 0.481 e. The number of aryl methyl sites for hydroxylation is 1. The van der Waals surface area contributed by atoms with Crippen molar-refractivity contribution in [2.75, 3.05) is 0 Å². The molecule has 0 aliphatic carbocycles. The molecule has 182 valence electrons. The van der Waals surface area contributed by atoms with Crippen LogP contribution in [0.2, 0.25) is 0 Å². The fourth-order valence-electron chi connectivity index (χ4n) is 3.13. The summed E-state index contributed by atoms with van der Waals surface area (Å²) in [6.07, 6.45) is -4.43. The van der Waals surface area contributed by atoms with E-state index >= 15 is 0 Å². The minimum absolute atomic E-state index is 0.188. The van der Waals surface area contributed by atoms with Crippen molar-refractivity contribution < 1.29 is 35.5 Å².